The van der Waals surface area contributed by atoms with Gasteiger partial charge in [0.15, 0.2) is 0 Å². The van der Waals surface area contributed by atoms with Crippen molar-refractivity contribution in [3.8, 4) is 6.07 Å². The van der Waals surface area contributed by atoms with Crippen molar-refractivity contribution in [1.82, 2.24) is 4.31 Å². The highest BCUT2D eigenvalue weighted by molar-refractivity contribution is 7.89. The van der Waals surface area contributed by atoms with Gasteiger partial charge in [-0.1, -0.05) is 6.07 Å². The molecule has 0 aromatic heterocycles. The van der Waals surface area contributed by atoms with E-state index in [0.29, 0.717) is 43.2 Å². The van der Waals surface area contributed by atoms with Crippen LogP contribution in [0.4, 0.5) is 11.4 Å². The Morgan fingerprint density at radius 2 is 1.82 bits per heavy atom. The van der Waals surface area contributed by atoms with Gasteiger partial charge in [-0.3, -0.25) is 4.79 Å². The minimum Gasteiger partial charge on any atom is -0.379 e. The van der Waals surface area contributed by atoms with E-state index in [2.05, 4.69) is 10.6 Å². The zero-order valence-electron chi connectivity index (χ0n) is 15.1. The van der Waals surface area contributed by atoms with E-state index in [1.807, 2.05) is 6.07 Å². The molecule has 0 spiro atoms. The normalized spacial score (nSPS) is 14.8. The maximum atomic E-state index is 12.6. The molecule has 1 amide bonds. The lowest BCUT2D eigenvalue weighted by molar-refractivity contribution is -0.114. The van der Waals surface area contributed by atoms with Crippen LogP contribution in [0.2, 0.25) is 0 Å². The number of carbonyl (C=O) groups is 1. The SMILES string of the molecule is N#Cc1cccc(NCC(=O)Nc2ccc(S(=O)(=O)N3CCOCC3)cc2)c1. The summed E-state index contributed by atoms with van der Waals surface area (Å²) in [5.41, 5.74) is 1.67. The lowest BCUT2D eigenvalue weighted by atomic mass is 10.2. The van der Waals surface area contributed by atoms with Gasteiger partial charge in [-0.05, 0) is 42.5 Å². The lowest BCUT2D eigenvalue weighted by Crippen LogP contribution is -2.40. The second kappa shape index (κ2) is 8.84. The van der Waals surface area contributed by atoms with Crippen molar-refractivity contribution < 1.29 is 17.9 Å². The number of ether oxygens (including phenoxy) is 1. The fourth-order valence-electron chi connectivity index (χ4n) is 2.73. The number of nitriles is 1. The van der Waals surface area contributed by atoms with E-state index in [-0.39, 0.29) is 17.3 Å². The number of morpholine rings is 1. The zero-order chi connectivity index (χ0) is 20.0. The Hall–Kier alpha value is -2.93. The molecule has 146 valence electrons. The maximum Gasteiger partial charge on any atom is 0.243 e. The van der Waals surface area contributed by atoms with E-state index in [9.17, 15) is 13.2 Å². The van der Waals surface area contributed by atoms with Crippen LogP contribution < -0.4 is 10.6 Å². The molecule has 1 fully saturated rings. The van der Waals surface area contributed by atoms with Crippen molar-refractivity contribution in [1.29, 1.82) is 5.26 Å². The van der Waals surface area contributed by atoms with Crippen LogP contribution in [0.15, 0.2) is 53.4 Å². The second-order valence-corrected chi connectivity index (χ2v) is 8.07. The molecule has 2 aromatic carbocycles. The van der Waals surface area contributed by atoms with Gasteiger partial charge in [-0.15, -0.1) is 0 Å². The monoisotopic (exact) mass is 400 g/mol. The van der Waals surface area contributed by atoms with Crippen LogP contribution in [0.25, 0.3) is 0 Å². The van der Waals surface area contributed by atoms with Gasteiger partial charge < -0.3 is 15.4 Å². The Kier molecular flexibility index (Phi) is 6.26. The third-order valence-corrected chi connectivity index (χ3v) is 6.10. The molecule has 2 N–H and O–H groups in total. The van der Waals surface area contributed by atoms with Crippen LogP contribution in [-0.4, -0.2) is 51.5 Å². The highest BCUT2D eigenvalue weighted by Gasteiger charge is 2.26. The zero-order valence-corrected chi connectivity index (χ0v) is 15.9. The van der Waals surface area contributed by atoms with Crippen molar-refractivity contribution in [2.45, 2.75) is 4.90 Å². The molecule has 0 saturated carbocycles. The first-order chi connectivity index (χ1) is 13.5. The number of hydrogen-bond donors (Lipinski definition) is 2. The molecule has 3 rings (SSSR count). The van der Waals surface area contributed by atoms with E-state index in [1.54, 1.807) is 36.4 Å². The molecule has 1 aliphatic heterocycles. The minimum atomic E-state index is -3.56. The second-order valence-electron chi connectivity index (χ2n) is 6.14. The topological polar surface area (TPSA) is 112 Å². The van der Waals surface area contributed by atoms with Crippen molar-refractivity contribution in [2.24, 2.45) is 0 Å². The number of hydrogen-bond acceptors (Lipinski definition) is 6. The smallest absolute Gasteiger partial charge is 0.243 e. The Labute approximate surface area is 163 Å². The summed E-state index contributed by atoms with van der Waals surface area (Å²) >= 11 is 0. The number of nitrogens with one attached hydrogen (secondary N) is 2. The average molecular weight is 400 g/mol. The first kappa shape index (κ1) is 19.8. The van der Waals surface area contributed by atoms with Crippen molar-refractivity contribution >= 4 is 27.3 Å². The number of sulfonamides is 1. The molecule has 0 atom stereocenters. The Bertz CT molecular complexity index is 978. The highest BCUT2D eigenvalue weighted by atomic mass is 32.2. The minimum absolute atomic E-state index is 0.0166. The van der Waals surface area contributed by atoms with E-state index in [4.69, 9.17) is 10.00 Å². The quantitative estimate of drug-likeness (QED) is 0.762. The summed E-state index contributed by atoms with van der Waals surface area (Å²) in [6.07, 6.45) is 0. The third-order valence-electron chi connectivity index (χ3n) is 4.19. The summed E-state index contributed by atoms with van der Waals surface area (Å²) < 4.78 is 31.7. The van der Waals surface area contributed by atoms with Crippen LogP contribution >= 0.6 is 0 Å². The maximum absolute atomic E-state index is 12.6. The number of benzene rings is 2. The van der Waals surface area contributed by atoms with Crippen molar-refractivity contribution in [3.05, 3.63) is 54.1 Å². The summed E-state index contributed by atoms with van der Waals surface area (Å²) in [5, 5.41) is 14.5. The number of nitrogens with zero attached hydrogens (tertiary/aromatic N) is 2. The van der Waals surface area contributed by atoms with Gasteiger partial charge in [-0.2, -0.15) is 9.57 Å². The standard InChI is InChI=1S/C19H20N4O4S/c20-13-15-2-1-3-17(12-15)21-14-19(24)22-16-4-6-18(7-5-16)28(25,26)23-8-10-27-11-9-23/h1-7,12,21H,8-11,14H2,(H,22,24). The molecule has 0 radical (unpaired) electrons. The van der Waals surface area contributed by atoms with E-state index >= 15 is 0 Å². The van der Waals surface area contributed by atoms with Crippen LogP contribution in [0.3, 0.4) is 0 Å². The molecular weight excluding hydrogens is 380 g/mol. The molecule has 0 unspecified atom stereocenters. The van der Waals surface area contributed by atoms with Crippen LogP contribution in [0, 0.1) is 11.3 Å². The van der Waals surface area contributed by atoms with Crippen LogP contribution in [-0.2, 0) is 19.6 Å². The summed E-state index contributed by atoms with van der Waals surface area (Å²) in [6, 6.07) is 14.9. The molecule has 28 heavy (non-hydrogen) atoms. The summed E-state index contributed by atoms with van der Waals surface area (Å²) in [4.78, 5) is 12.3. The fourth-order valence-corrected chi connectivity index (χ4v) is 4.14. The summed E-state index contributed by atoms with van der Waals surface area (Å²) in [5.74, 6) is -0.286. The molecular formula is C19H20N4O4S. The molecule has 1 aliphatic rings. The fraction of sp³-hybridized carbons (Fsp3) is 0.263. The molecule has 9 heteroatoms. The molecule has 0 aliphatic carbocycles. The van der Waals surface area contributed by atoms with Crippen molar-refractivity contribution in [3.63, 3.8) is 0 Å². The lowest BCUT2D eigenvalue weighted by Gasteiger charge is -2.26. The first-order valence-corrected chi connectivity index (χ1v) is 10.1. The van der Waals surface area contributed by atoms with Gasteiger partial charge in [0.1, 0.15) is 0 Å². The average Bonchev–Trinajstić information content (AvgIpc) is 2.73. The largest absolute Gasteiger partial charge is 0.379 e. The predicted molar refractivity (Wildman–Crippen MR) is 104 cm³/mol. The summed E-state index contributed by atoms with van der Waals surface area (Å²) in [7, 11) is -3.56. The van der Waals surface area contributed by atoms with Gasteiger partial charge in [0.05, 0.1) is 36.3 Å². The Morgan fingerprint density at radius 1 is 1.11 bits per heavy atom. The molecule has 1 heterocycles. The number of carbonyl (C=O) groups excluding carboxylic acids is 1. The van der Waals surface area contributed by atoms with Gasteiger partial charge in [0.25, 0.3) is 0 Å². The highest BCUT2D eigenvalue weighted by Crippen LogP contribution is 2.19. The number of anilines is 2. The summed E-state index contributed by atoms with van der Waals surface area (Å²) in [6.45, 7) is 1.46. The molecule has 8 nitrogen and oxygen atoms in total. The molecule has 1 saturated heterocycles. The van der Waals surface area contributed by atoms with Gasteiger partial charge in [-0.25, -0.2) is 8.42 Å². The van der Waals surface area contributed by atoms with E-state index in [1.165, 1.54) is 16.4 Å². The molecule has 0 bridgehead atoms. The first-order valence-electron chi connectivity index (χ1n) is 8.71. The van der Waals surface area contributed by atoms with Gasteiger partial charge in [0, 0.05) is 24.5 Å². The van der Waals surface area contributed by atoms with Gasteiger partial charge >= 0.3 is 0 Å². The van der Waals surface area contributed by atoms with Crippen LogP contribution in [0.5, 0.6) is 0 Å². The Balaban J connectivity index is 1.57. The Morgan fingerprint density at radius 3 is 2.50 bits per heavy atom. The van der Waals surface area contributed by atoms with Crippen LogP contribution in [0.1, 0.15) is 5.56 Å². The third kappa shape index (κ3) is 4.86. The van der Waals surface area contributed by atoms with Gasteiger partial charge in [0.2, 0.25) is 15.9 Å². The molecule has 2 aromatic rings. The van der Waals surface area contributed by atoms with Crippen molar-refractivity contribution in [2.75, 3.05) is 43.5 Å². The van der Waals surface area contributed by atoms with E-state index < -0.39 is 10.0 Å². The predicted octanol–water partition coefficient (Wildman–Crippen LogP) is 1.63. The number of amides is 1. The van der Waals surface area contributed by atoms with E-state index in [0.717, 1.165) is 0 Å². The number of rotatable bonds is 6.